The quantitative estimate of drug-likeness (QED) is 0.300. The van der Waals surface area contributed by atoms with Gasteiger partial charge in [0.15, 0.2) is 0 Å². The maximum Gasteiger partial charge on any atom is 0.312 e. The third-order valence-electron chi connectivity index (χ3n) is 9.81. The lowest BCUT2D eigenvalue weighted by Gasteiger charge is -2.46. The van der Waals surface area contributed by atoms with E-state index < -0.39 is 14.3 Å². The molecule has 0 bridgehead atoms. The minimum absolute atomic E-state index is 0.0627. The molecule has 0 aromatic heterocycles. The van der Waals surface area contributed by atoms with Crippen molar-refractivity contribution in [1.29, 1.82) is 0 Å². The van der Waals surface area contributed by atoms with Gasteiger partial charge in [0.05, 0.1) is 25.0 Å². The zero-order valence-electron chi connectivity index (χ0n) is 21.3. The number of carbonyl (C=O) groups excluding carboxylic acids is 1. The highest BCUT2D eigenvalue weighted by atomic mass is 28.4. The van der Waals surface area contributed by atoms with Gasteiger partial charge in [-0.1, -0.05) is 61.5 Å². The third-order valence-corrected chi connectivity index (χ3v) is 15.9. The van der Waals surface area contributed by atoms with Crippen molar-refractivity contribution in [3.8, 4) is 0 Å². The summed E-state index contributed by atoms with van der Waals surface area (Å²) in [5, 5.41) is 9.88. The summed E-state index contributed by atoms with van der Waals surface area (Å²) in [6.07, 6.45) is 3.81. The van der Waals surface area contributed by atoms with Gasteiger partial charge in [-0.3, -0.25) is 9.59 Å². The van der Waals surface area contributed by atoms with Crippen molar-refractivity contribution in [2.75, 3.05) is 7.11 Å². The Morgan fingerprint density at radius 2 is 1.66 bits per heavy atom. The molecule has 32 heavy (non-hydrogen) atoms. The van der Waals surface area contributed by atoms with Gasteiger partial charge < -0.3 is 14.3 Å². The lowest BCUT2D eigenvalue weighted by molar-refractivity contribution is -0.146. The van der Waals surface area contributed by atoms with Crippen LogP contribution in [0, 0.1) is 40.4 Å². The van der Waals surface area contributed by atoms with Gasteiger partial charge in [0.1, 0.15) is 0 Å². The van der Waals surface area contributed by atoms with Crippen molar-refractivity contribution >= 4 is 20.3 Å². The second-order valence-electron chi connectivity index (χ2n) is 12.6. The molecule has 3 fully saturated rings. The van der Waals surface area contributed by atoms with Crippen LogP contribution in [0.3, 0.4) is 0 Å². The maximum atomic E-state index is 12.8. The van der Waals surface area contributed by atoms with Gasteiger partial charge in [-0.25, -0.2) is 0 Å². The van der Waals surface area contributed by atoms with Crippen LogP contribution in [0.1, 0.15) is 68.2 Å². The number of fused-ring (bicyclic) bond motifs is 1. The van der Waals surface area contributed by atoms with Gasteiger partial charge >= 0.3 is 11.9 Å². The topological polar surface area (TPSA) is 72.8 Å². The van der Waals surface area contributed by atoms with Crippen LogP contribution in [0.4, 0.5) is 0 Å². The molecule has 0 aromatic carbocycles. The van der Waals surface area contributed by atoms with Crippen LogP contribution < -0.4 is 0 Å². The van der Waals surface area contributed by atoms with E-state index in [2.05, 4.69) is 61.5 Å². The number of aliphatic carboxylic acids is 1. The normalized spacial score (nSPS) is 39.2. The Bertz CT molecular complexity index is 821. The zero-order chi connectivity index (χ0) is 24.0. The van der Waals surface area contributed by atoms with Gasteiger partial charge in [-0.05, 0) is 58.2 Å². The predicted molar refractivity (Wildman–Crippen MR) is 127 cm³/mol. The predicted octanol–water partition coefficient (Wildman–Crippen LogP) is 5.66. The number of hydrogen-bond donors (Lipinski definition) is 1. The Hall–Kier alpha value is -1.14. The van der Waals surface area contributed by atoms with E-state index in [4.69, 9.17) is 9.16 Å². The molecular weight excluding hydrogens is 420 g/mol. The third kappa shape index (κ3) is 2.90. The first-order valence-corrected chi connectivity index (χ1v) is 14.6. The molecule has 7 atom stereocenters. The molecule has 4 rings (SSSR count). The Morgan fingerprint density at radius 3 is 2.12 bits per heavy atom. The van der Waals surface area contributed by atoms with E-state index in [9.17, 15) is 14.7 Å². The number of esters is 1. The van der Waals surface area contributed by atoms with E-state index >= 15 is 0 Å². The van der Waals surface area contributed by atoms with E-state index in [0.29, 0.717) is 16.6 Å². The van der Waals surface area contributed by atoms with Crippen LogP contribution >= 0.6 is 0 Å². The summed E-state index contributed by atoms with van der Waals surface area (Å²) in [4.78, 5) is 24.8. The molecule has 0 aromatic rings. The Morgan fingerprint density at radius 1 is 1.09 bits per heavy atom. The lowest BCUT2D eigenvalue weighted by atomic mass is 9.68. The van der Waals surface area contributed by atoms with Crippen LogP contribution in [0.2, 0.25) is 16.6 Å². The minimum atomic E-state index is -2.17. The molecule has 1 spiro atoms. The monoisotopic (exact) mass is 462 g/mol. The Balaban J connectivity index is 1.82. The molecule has 4 aliphatic carbocycles. The van der Waals surface area contributed by atoms with Crippen LogP contribution in [-0.2, 0) is 18.8 Å². The summed E-state index contributed by atoms with van der Waals surface area (Å²) in [6.45, 7) is 18.4. The van der Waals surface area contributed by atoms with Crippen molar-refractivity contribution < 1.29 is 23.9 Å². The molecule has 4 aliphatic rings. The molecule has 3 saturated carbocycles. The first-order valence-electron chi connectivity index (χ1n) is 12.5. The molecule has 6 heteroatoms. The van der Waals surface area contributed by atoms with Crippen molar-refractivity contribution in [3.63, 3.8) is 0 Å². The van der Waals surface area contributed by atoms with E-state index in [-0.39, 0.29) is 52.5 Å². The van der Waals surface area contributed by atoms with Crippen LogP contribution in [-0.4, -0.2) is 38.6 Å². The van der Waals surface area contributed by atoms with E-state index in [0.717, 1.165) is 12.8 Å². The van der Waals surface area contributed by atoms with Crippen molar-refractivity contribution in [2.24, 2.45) is 40.4 Å². The van der Waals surface area contributed by atoms with Crippen LogP contribution in [0.25, 0.3) is 0 Å². The smallest absolute Gasteiger partial charge is 0.312 e. The lowest BCUT2D eigenvalue weighted by Crippen LogP contribution is -2.52. The second kappa shape index (κ2) is 7.43. The number of rotatable bonds is 7. The van der Waals surface area contributed by atoms with Gasteiger partial charge in [0, 0.05) is 5.41 Å². The summed E-state index contributed by atoms with van der Waals surface area (Å²) in [5.41, 5.74) is 2.31. The van der Waals surface area contributed by atoms with Crippen molar-refractivity contribution in [3.05, 3.63) is 11.6 Å². The molecule has 0 radical (unpaired) electrons. The SMILES string of the molecule is COC(=O)[C@H]1C=C2[C@H](O[Si](C(C)C)(C(C)C)C(C)C)C(C)(C)C[C@@]23[C@@H]2[C@H](C[C@@H]13)[C@@H]2C(=O)O. The van der Waals surface area contributed by atoms with E-state index in [1.807, 2.05) is 0 Å². The zero-order valence-corrected chi connectivity index (χ0v) is 22.3. The average molecular weight is 463 g/mol. The average Bonchev–Trinajstić information content (AvgIpc) is 3.12. The molecule has 5 nitrogen and oxygen atoms in total. The Labute approximate surface area is 194 Å². The molecule has 0 aliphatic heterocycles. The van der Waals surface area contributed by atoms with Crippen molar-refractivity contribution in [1.82, 2.24) is 0 Å². The van der Waals surface area contributed by atoms with Crippen LogP contribution in [0.15, 0.2) is 11.6 Å². The van der Waals surface area contributed by atoms with Gasteiger partial charge in [-0.15, -0.1) is 0 Å². The molecular formula is C26H42O5Si. The number of carboxylic acid groups (broad SMARTS) is 1. The first-order chi connectivity index (χ1) is 14.8. The largest absolute Gasteiger partial charge is 0.481 e. The fourth-order valence-corrected chi connectivity index (χ4v) is 14.6. The van der Waals surface area contributed by atoms with Crippen molar-refractivity contribution in [2.45, 2.75) is 91.0 Å². The molecule has 180 valence electrons. The minimum Gasteiger partial charge on any atom is -0.481 e. The number of ether oxygens (including phenoxy) is 1. The highest BCUT2D eigenvalue weighted by Crippen LogP contribution is 2.80. The molecule has 0 heterocycles. The summed E-state index contributed by atoms with van der Waals surface area (Å²) in [7, 11) is -0.705. The molecule has 0 saturated heterocycles. The number of carbonyl (C=O) groups is 2. The fourth-order valence-electron chi connectivity index (χ4n) is 8.95. The summed E-state index contributed by atoms with van der Waals surface area (Å²) >= 11 is 0. The van der Waals surface area contributed by atoms with Gasteiger partial charge in [0.25, 0.3) is 0 Å². The van der Waals surface area contributed by atoms with E-state index in [1.54, 1.807) is 0 Å². The summed E-state index contributed by atoms with van der Waals surface area (Å²) < 4.78 is 12.6. The highest BCUT2D eigenvalue weighted by molar-refractivity contribution is 6.77. The summed E-state index contributed by atoms with van der Waals surface area (Å²) in [6, 6.07) is 0. The maximum absolute atomic E-state index is 12.8. The first kappa shape index (κ1) is 24.0. The van der Waals surface area contributed by atoms with E-state index in [1.165, 1.54) is 12.7 Å². The molecule has 1 N–H and O–H groups in total. The van der Waals surface area contributed by atoms with Crippen LogP contribution in [0.5, 0.6) is 0 Å². The number of hydrogen-bond acceptors (Lipinski definition) is 4. The Kier molecular flexibility index (Phi) is 5.57. The fraction of sp³-hybridized carbons (Fsp3) is 0.846. The number of carboxylic acids is 1. The summed E-state index contributed by atoms with van der Waals surface area (Å²) in [5.74, 6) is -0.934. The molecule has 0 amide bonds. The standard InChI is InChI=1S/C26H42O5Si/c1-13(2)32(14(3)4,15(5)6)31-22-19-10-16(24(29)30-9)18-11-17-20(23(27)28)21(17)26(18,19)12-25(22,7)8/h10,13-18,20-22H,11-12H2,1-9H3,(H,27,28)/t16-,17+,18-,20-,21+,22-,26-/m0/s1. The molecule has 0 unspecified atom stereocenters. The second-order valence-corrected chi connectivity index (χ2v) is 18.0. The van der Waals surface area contributed by atoms with Gasteiger partial charge in [-0.2, -0.15) is 0 Å². The highest BCUT2D eigenvalue weighted by Gasteiger charge is 2.79. The number of methoxy groups -OCH3 is 1. The van der Waals surface area contributed by atoms with Gasteiger partial charge in [0.2, 0.25) is 8.32 Å².